The Morgan fingerprint density at radius 2 is 1.84 bits per heavy atom. The van der Waals surface area contributed by atoms with Crippen LogP contribution in [0.1, 0.15) is 22.9 Å². The van der Waals surface area contributed by atoms with Crippen molar-refractivity contribution in [3.05, 3.63) is 88.3 Å². The number of fused-ring (bicyclic) bond motifs is 1. The number of likely N-dealkylation sites (tertiary alicyclic amines) is 1. The third-order valence-electron chi connectivity index (χ3n) is 5.43. The molecule has 32 heavy (non-hydrogen) atoms. The number of rotatable bonds is 4. The quantitative estimate of drug-likeness (QED) is 0.361. The van der Waals surface area contributed by atoms with E-state index in [4.69, 9.17) is 25.5 Å². The molecular weight excluding hydrogens is 434 g/mol. The highest BCUT2D eigenvalue weighted by atomic mass is 35.5. The second kappa shape index (κ2) is 8.09. The van der Waals surface area contributed by atoms with Crippen molar-refractivity contribution in [2.24, 2.45) is 0 Å². The maximum atomic E-state index is 13.1. The van der Waals surface area contributed by atoms with Crippen LogP contribution in [0.5, 0.6) is 11.5 Å². The topological polar surface area (TPSA) is 89.2 Å². The number of aliphatic hydroxyl groups excluding tert-OH is 1. The minimum absolute atomic E-state index is 0.0273. The summed E-state index contributed by atoms with van der Waals surface area (Å²) in [6.45, 7) is 0.880. The molecule has 0 bridgehead atoms. The van der Waals surface area contributed by atoms with Crippen LogP contribution in [-0.2, 0) is 16.1 Å². The van der Waals surface area contributed by atoms with E-state index in [0.717, 1.165) is 0 Å². The van der Waals surface area contributed by atoms with E-state index in [1.54, 1.807) is 54.6 Å². The van der Waals surface area contributed by atoms with Crippen LogP contribution in [0.25, 0.3) is 5.76 Å². The third-order valence-corrected chi connectivity index (χ3v) is 5.66. The molecule has 7 nitrogen and oxygen atoms in total. The summed E-state index contributed by atoms with van der Waals surface area (Å²) in [5, 5.41) is 11.6. The van der Waals surface area contributed by atoms with Gasteiger partial charge in [0.15, 0.2) is 11.5 Å². The lowest BCUT2D eigenvalue weighted by molar-refractivity contribution is -0.140. The monoisotopic (exact) mass is 451 g/mol. The number of carbonyl (C=O) groups is 2. The number of nitrogens with zero attached hydrogens (tertiary/aromatic N) is 1. The van der Waals surface area contributed by atoms with Gasteiger partial charge in [0.05, 0.1) is 24.4 Å². The van der Waals surface area contributed by atoms with Crippen molar-refractivity contribution in [1.29, 1.82) is 0 Å². The molecular formula is C24H18ClNO6. The van der Waals surface area contributed by atoms with Crippen molar-refractivity contribution < 1.29 is 28.6 Å². The van der Waals surface area contributed by atoms with E-state index in [9.17, 15) is 14.7 Å². The maximum absolute atomic E-state index is 13.1. The molecule has 1 saturated heterocycles. The van der Waals surface area contributed by atoms with Crippen molar-refractivity contribution in [2.45, 2.75) is 12.6 Å². The average molecular weight is 452 g/mol. The number of halogens is 1. The van der Waals surface area contributed by atoms with Crippen LogP contribution < -0.4 is 9.47 Å². The zero-order valence-electron chi connectivity index (χ0n) is 16.8. The fourth-order valence-corrected chi connectivity index (χ4v) is 4.18. The second-order valence-electron chi connectivity index (χ2n) is 7.42. The second-order valence-corrected chi connectivity index (χ2v) is 7.86. The Morgan fingerprint density at radius 1 is 1.03 bits per heavy atom. The van der Waals surface area contributed by atoms with E-state index in [-0.39, 0.29) is 17.9 Å². The molecule has 5 rings (SSSR count). The summed E-state index contributed by atoms with van der Waals surface area (Å²) in [5.74, 6) is -0.285. The molecule has 162 valence electrons. The first-order valence-corrected chi connectivity index (χ1v) is 10.4. The summed E-state index contributed by atoms with van der Waals surface area (Å²) in [4.78, 5) is 27.5. The van der Waals surface area contributed by atoms with Gasteiger partial charge in [0, 0.05) is 10.6 Å². The van der Waals surface area contributed by atoms with Crippen LogP contribution in [0.2, 0.25) is 5.02 Å². The molecule has 3 aromatic rings. The Morgan fingerprint density at radius 3 is 2.59 bits per heavy atom. The molecule has 0 spiro atoms. The molecule has 1 N–H and O–H groups in total. The van der Waals surface area contributed by atoms with Gasteiger partial charge in [-0.05, 0) is 48.0 Å². The van der Waals surface area contributed by atoms with Gasteiger partial charge in [-0.1, -0.05) is 23.7 Å². The highest BCUT2D eigenvalue weighted by molar-refractivity contribution is 6.46. The summed E-state index contributed by atoms with van der Waals surface area (Å²) >= 11 is 6.19. The lowest BCUT2D eigenvalue weighted by atomic mass is 9.95. The Bertz CT molecular complexity index is 1230. The van der Waals surface area contributed by atoms with Gasteiger partial charge in [0.1, 0.15) is 24.7 Å². The molecule has 2 aliphatic heterocycles. The number of Topliss-reactive ketones (excluding diaryl/α,β-unsaturated/α-hetero) is 1. The highest BCUT2D eigenvalue weighted by Crippen LogP contribution is 2.42. The fraction of sp³-hybridized carbons (Fsp3) is 0.167. The van der Waals surface area contributed by atoms with E-state index in [1.165, 1.54) is 11.2 Å². The Kier molecular flexibility index (Phi) is 5.11. The molecule has 1 amide bonds. The van der Waals surface area contributed by atoms with Gasteiger partial charge in [-0.15, -0.1) is 0 Å². The molecule has 1 atom stereocenters. The number of aliphatic hydroxyl groups is 1. The number of ketones is 1. The van der Waals surface area contributed by atoms with Gasteiger partial charge in [-0.3, -0.25) is 9.59 Å². The van der Waals surface area contributed by atoms with Crippen LogP contribution in [0, 0.1) is 0 Å². The summed E-state index contributed by atoms with van der Waals surface area (Å²) in [5.41, 5.74) is 0.917. The van der Waals surface area contributed by atoms with Crippen molar-refractivity contribution >= 4 is 29.1 Å². The average Bonchev–Trinajstić information content (AvgIpc) is 3.41. The lowest BCUT2D eigenvalue weighted by Gasteiger charge is -2.25. The number of carbonyl (C=O) groups excluding carboxylic acids is 2. The number of ether oxygens (including phenoxy) is 2. The largest absolute Gasteiger partial charge is 0.507 e. The number of benzene rings is 2. The molecule has 2 aliphatic rings. The van der Waals surface area contributed by atoms with Crippen molar-refractivity contribution in [3.8, 4) is 11.5 Å². The van der Waals surface area contributed by atoms with Gasteiger partial charge in [-0.25, -0.2) is 0 Å². The number of furan rings is 1. The molecule has 0 saturated carbocycles. The van der Waals surface area contributed by atoms with Crippen LogP contribution in [0.15, 0.2) is 70.9 Å². The van der Waals surface area contributed by atoms with Crippen LogP contribution in [0.4, 0.5) is 0 Å². The van der Waals surface area contributed by atoms with Gasteiger partial charge in [0.2, 0.25) is 0 Å². The van der Waals surface area contributed by atoms with Crippen molar-refractivity contribution in [3.63, 3.8) is 0 Å². The minimum atomic E-state index is -0.841. The first kappa shape index (κ1) is 20.2. The van der Waals surface area contributed by atoms with Gasteiger partial charge < -0.3 is 23.9 Å². The van der Waals surface area contributed by atoms with Crippen molar-refractivity contribution in [1.82, 2.24) is 4.90 Å². The third kappa shape index (κ3) is 3.50. The van der Waals surface area contributed by atoms with Crippen LogP contribution in [-0.4, -0.2) is 34.9 Å². The van der Waals surface area contributed by atoms with Gasteiger partial charge in [-0.2, -0.15) is 0 Å². The van der Waals surface area contributed by atoms with Gasteiger partial charge >= 0.3 is 0 Å². The number of hydrogen-bond acceptors (Lipinski definition) is 6. The fourth-order valence-electron chi connectivity index (χ4n) is 3.98. The number of hydrogen-bond donors (Lipinski definition) is 1. The minimum Gasteiger partial charge on any atom is -0.507 e. The summed E-state index contributed by atoms with van der Waals surface area (Å²) in [6, 6.07) is 14.3. The summed E-state index contributed by atoms with van der Waals surface area (Å²) in [6.07, 6.45) is 1.50. The zero-order chi connectivity index (χ0) is 22.2. The Labute approximate surface area is 188 Å². The normalized spacial score (nSPS) is 19.4. The molecule has 1 aromatic heterocycles. The zero-order valence-corrected chi connectivity index (χ0v) is 17.5. The predicted octanol–water partition coefficient (Wildman–Crippen LogP) is 4.33. The van der Waals surface area contributed by atoms with E-state index in [1.807, 2.05) is 0 Å². The molecule has 2 aromatic carbocycles. The maximum Gasteiger partial charge on any atom is 0.296 e. The number of amides is 1. The Balaban J connectivity index is 1.64. The van der Waals surface area contributed by atoms with E-state index >= 15 is 0 Å². The molecule has 1 fully saturated rings. The predicted molar refractivity (Wildman–Crippen MR) is 115 cm³/mol. The summed E-state index contributed by atoms with van der Waals surface area (Å²) in [7, 11) is 0. The van der Waals surface area contributed by atoms with E-state index in [0.29, 0.717) is 46.6 Å². The molecule has 0 radical (unpaired) electrons. The van der Waals surface area contributed by atoms with Crippen molar-refractivity contribution in [2.75, 3.05) is 13.2 Å². The Hall–Kier alpha value is -3.71. The molecule has 0 aliphatic carbocycles. The van der Waals surface area contributed by atoms with Crippen LogP contribution >= 0.6 is 11.6 Å². The van der Waals surface area contributed by atoms with Crippen LogP contribution in [0.3, 0.4) is 0 Å². The highest BCUT2D eigenvalue weighted by Gasteiger charge is 2.46. The summed E-state index contributed by atoms with van der Waals surface area (Å²) < 4.78 is 16.5. The lowest BCUT2D eigenvalue weighted by Crippen LogP contribution is -2.29. The first-order chi connectivity index (χ1) is 15.5. The molecule has 0 unspecified atom stereocenters. The van der Waals surface area contributed by atoms with E-state index in [2.05, 4.69) is 0 Å². The van der Waals surface area contributed by atoms with E-state index < -0.39 is 17.7 Å². The SMILES string of the molecule is O=C1C(=O)N(Cc2ccco2)[C@@H](c2cccc(Cl)c2)C1=C(O)c1ccc2c(c1)OCCO2. The van der Waals surface area contributed by atoms with Gasteiger partial charge in [0.25, 0.3) is 11.7 Å². The first-order valence-electron chi connectivity index (χ1n) is 9.99. The molecule has 3 heterocycles. The smallest absolute Gasteiger partial charge is 0.296 e. The molecule has 8 heteroatoms. The standard InChI is InChI=1S/C24H18ClNO6/c25-16-4-1-3-14(11-16)21-20(23(28)24(29)26(21)13-17-5-2-8-30-17)22(27)15-6-7-18-19(12-15)32-10-9-31-18/h1-8,11-12,21,27H,9-10,13H2/t21-/m0/s1.